The first-order chi connectivity index (χ1) is 9.61. The van der Waals surface area contributed by atoms with E-state index < -0.39 is 0 Å². The van der Waals surface area contributed by atoms with Crippen LogP contribution in [0.25, 0.3) is 0 Å². The van der Waals surface area contributed by atoms with Gasteiger partial charge in [-0.1, -0.05) is 19.1 Å². The molecule has 2 aromatic rings. The molecule has 0 fully saturated rings. The number of hydrogen-bond donors (Lipinski definition) is 2. The fraction of sp³-hybridized carbons (Fsp3) is 0.308. The van der Waals surface area contributed by atoms with E-state index in [4.69, 9.17) is 5.84 Å². The molecule has 0 radical (unpaired) electrons. The molecular formula is C13H21Cl2N7. The van der Waals surface area contributed by atoms with Crippen molar-refractivity contribution in [1.82, 2.24) is 14.9 Å². The molecule has 9 heteroatoms. The lowest BCUT2D eigenvalue weighted by atomic mass is 10.2. The molecule has 3 N–H and O–H groups in total. The molecule has 0 unspecified atom stereocenters. The number of rotatable bonds is 5. The number of nitrogens with zero attached hydrogens (tertiary/aromatic N) is 5. The molecule has 22 heavy (non-hydrogen) atoms. The molecule has 0 aliphatic carbocycles. The summed E-state index contributed by atoms with van der Waals surface area (Å²) in [5.41, 5.74) is 4.91. The van der Waals surface area contributed by atoms with E-state index in [1.807, 2.05) is 50.2 Å². The molecule has 0 spiro atoms. The monoisotopic (exact) mass is 345 g/mol. The Kier molecular flexibility index (Phi) is 8.29. The van der Waals surface area contributed by atoms with Gasteiger partial charge in [-0.05, 0) is 17.7 Å². The number of nitrogens with two attached hydrogens (primary N) is 1. The molecule has 0 aliphatic heterocycles. The van der Waals surface area contributed by atoms with Crippen LogP contribution in [0.5, 0.6) is 0 Å². The predicted molar refractivity (Wildman–Crippen MR) is 96.0 cm³/mol. The zero-order valence-corrected chi connectivity index (χ0v) is 14.4. The standard InChI is InChI=1S/C13H19N7.2ClH/c1-4-12-16-18-13(20(12)14)17-15-9-10-5-7-11(8-6-10)19(2)3;;/h5-9H,4,14H2,1-3H3,(H,17,18);2*1H/b15-9+;;. The van der Waals surface area contributed by atoms with E-state index >= 15 is 0 Å². The number of aryl methyl sites for hydroxylation is 1. The van der Waals surface area contributed by atoms with Crippen LogP contribution in [0, 0.1) is 0 Å². The van der Waals surface area contributed by atoms with Gasteiger partial charge in [-0.15, -0.1) is 35.0 Å². The zero-order valence-electron chi connectivity index (χ0n) is 12.7. The van der Waals surface area contributed by atoms with Gasteiger partial charge in [-0.3, -0.25) is 0 Å². The molecule has 0 amide bonds. The summed E-state index contributed by atoms with van der Waals surface area (Å²) in [7, 11) is 4.01. The summed E-state index contributed by atoms with van der Waals surface area (Å²) in [6.07, 6.45) is 2.43. The Morgan fingerprint density at radius 3 is 2.36 bits per heavy atom. The number of aromatic nitrogens is 3. The second-order valence-corrected chi connectivity index (χ2v) is 4.52. The quantitative estimate of drug-likeness (QED) is 0.491. The highest BCUT2D eigenvalue weighted by atomic mass is 35.5. The van der Waals surface area contributed by atoms with Gasteiger partial charge in [0.2, 0.25) is 0 Å². The summed E-state index contributed by atoms with van der Waals surface area (Å²) in [5.74, 6) is 6.92. The van der Waals surface area contributed by atoms with Crippen molar-refractivity contribution in [1.29, 1.82) is 0 Å². The second-order valence-electron chi connectivity index (χ2n) is 4.52. The molecule has 1 heterocycles. The minimum Gasteiger partial charge on any atom is -0.378 e. The molecule has 0 aliphatic rings. The Balaban J connectivity index is 0.00000220. The highest BCUT2D eigenvalue weighted by molar-refractivity contribution is 5.85. The molecule has 122 valence electrons. The first kappa shape index (κ1) is 20.0. The van der Waals surface area contributed by atoms with E-state index in [1.165, 1.54) is 4.68 Å². The Morgan fingerprint density at radius 2 is 1.86 bits per heavy atom. The summed E-state index contributed by atoms with van der Waals surface area (Å²) in [5, 5.41) is 12.0. The van der Waals surface area contributed by atoms with Crippen molar-refractivity contribution in [3.05, 3.63) is 35.7 Å². The van der Waals surface area contributed by atoms with Crippen molar-refractivity contribution in [3.63, 3.8) is 0 Å². The van der Waals surface area contributed by atoms with Crippen LogP contribution < -0.4 is 16.2 Å². The molecule has 7 nitrogen and oxygen atoms in total. The number of benzene rings is 1. The topological polar surface area (TPSA) is 84.4 Å². The number of nitrogens with one attached hydrogen (secondary N) is 1. The summed E-state index contributed by atoms with van der Waals surface area (Å²) < 4.78 is 1.40. The molecule has 0 saturated heterocycles. The van der Waals surface area contributed by atoms with E-state index in [9.17, 15) is 0 Å². The minimum atomic E-state index is 0. The van der Waals surface area contributed by atoms with Crippen LogP contribution in [0.3, 0.4) is 0 Å². The molecule has 1 aromatic carbocycles. The average molecular weight is 346 g/mol. The lowest BCUT2D eigenvalue weighted by Gasteiger charge is -2.11. The van der Waals surface area contributed by atoms with Gasteiger partial charge in [0.1, 0.15) is 0 Å². The SMILES string of the molecule is CCc1nnc(N/N=C/c2ccc(N(C)C)cc2)n1N.Cl.Cl. The molecule has 0 bridgehead atoms. The van der Waals surface area contributed by atoms with Crippen molar-refractivity contribution >= 4 is 42.7 Å². The minimum absolute atomic E-state index is 0. The van der Waals surface area contributed by atoms with Crippen molar-refractivity contribution in [2.75, 3.05) is 30.3 Å². The Labute approximate surface area is 142 Å². The molecular weight excluding hydrogens is 325 g/mol. The number of hydrazone groups is 1. The highest BCUT2D eigenvalue weighted by Gasteiger charge is 2.05. The van der Waals surface area contributed by atoms with Crippen molar-refractivity contribution < 1.29 is 0 Å². The van der Waals surface area contributed by atoms with Crippen LogP contribution in [-0.4, -0.2) is 35.2 Å². The van der Waals surface area contributed by atoms with Crippen molar-refractivity contribution in [2.45, 2.75) is 13.3 Å². The van der Waals surface area contributed by atoms with Crippen LogP contribution in [0.2, 0.25) is 0 Å². The molecule has 0 saturated carbocycles. The van der Waals surface area contributed by atoms with Gasteiger partial charge < -0.3 is 10.7 Å². The van der Waals surface area contributed by atoms with Gasteiger partial charge in [-0.2, -0.15) is 5.10 Å². The lowest BCUT2D eigenvalue weighted by Crippen LogP contribution is -2.14. The maximum Gasteiger partial charge on any atom is 0.263 e. The van der Waals surface area contributed by atoms with Gasteiger partial charge in [-0.25, -0.2) is 10.1 Å². The van der Waals surface area contributed by atoms with Crippen molar-refractivity contribution in [3.8, 4) is 0 Å². The fourth-order valence-corrected chi connectivity index (χ4v) is 1.66. The van der Waals surface area contributed by atoms with Gasteiger partial charge in [0, 0.05) is 26.2 Å². The second kappa shape index (κ2) is 9.11. The molecule has 0 atom stereocenters. The van der Waals surface area contributed by atoms with E-state index in [2.05, 4.69) is 20.7 Å². The third-order valence-electron chi connectivity index (χ3n) is 2.87. The van der Waals surface area contributed by atoms with E-state index in [-0.39, 0.29) is 24.8 Å². The third kappa shape index (κ3) is 4.78. The Bertz CT molecular complexity index is 593. The smallest absolute Gasteiger partial charge is 0.263 e. The molecule has 1 aromatic heterocycles. The summed E-state index contributed by atoms with van der Waals surface area (Å²) in [6, 6.07) is 8.04. The lowest BCUT2D eigenvalue weighted by molar-refractivity contribution is 0.855. The van der Waals surface area contributed by atoms with E-state index in [1.54, 1.807) is 6.21 Å². The van der Waals surface area contributed by atoms with Gasteiger partial charge in [0.25, 0.3) is 5.95 Å². The van der Waals surface area contributed by atoms with Gasteiger partial charge >= 0.3 is 0 Å². The number of anilines is 2. The van der Waals surface area contributed by atoms with Crippen LogP contribution in [-0.2, 0) is 6.42 Å². The largest absolute Gasteiger partial charge is 0.378 e. The van der Waals surface area contributed by atoms with Gasteiger partial charge in [0.15, 0.2) is 5.82 Å². The predicted octanol–water partition coefficient (Wildman–Crippen LogP) is 1.91. The van der Waals surface area contributed by atoms with E-state index in [0.717, 1.165) is 17.7 Å². The molecule has 2 rings (SSSR count). The van der Waals surface area contributed by atoms with Crippen LogP contribution in [0.1, 0.15) is 18.3 Å². The first-order valence-corrected chi connectivity index (χ1v) is 6.37. The Hall–Kier alpha value is -1.99. The zero-order chi connectivity index (χ0) is 14.5. The van der Waals surface area contributed by atoms with E-state index in [0.29, 0.717) is 11.8 Å². The number of halogens is 2. The average Bonchev–Trinajstić information content (AvgIpc) is 2.80. The summed E-state index contributed by atoms with van der Waals surface area (Å²) in [6.45, 7) is 1.97. The first-order valence-electron chi connectivity index (χ1n) is 6.37. The Morgan fingerprint density at radius 1 is 1.23 bits per heavy atom. The van der Waals surface area contributed by atoms with Crippen LogP contribution in [0.4, 0.5) is 11.6 Å². The summed E-state index contributed by atoms with van der Waals surface area (Å²) >= 11 is 0. The van der Waals surface area contributed by atoms with Crippen molar-refractivity contribution in [2.24, 2.45) is 5.10 Å². The highest BCUT2D eigenvalue weighted by Crippen LogP contribution is 2.11. The fourth-order valence-electron chi connectivity index (χ4n) is 1.66. The number of hydrogen-bond acceptors (Lipinski definition) is 6. The van der Waals surface area contributed by atoms with Crippen LogP contribution >= 0.6 is 24.8 Å². The maximum absolute atomic E-state index is 5.80. The number of nitrogen functional groups attached to an aromatic ring is 1. The van der Waals surface area contributed by atoms with Crippen LogP contribution in [0.15, 0.2) is 29.4 Å². The third-order valence-corrected chi connectivity index (χ3v) is 2.87. The maximum atomic E-state index is 5.80. The van der Waals surface area contributed by atoms with Gasteiger partial charge in [0.05, 0.1) is 6.21 Å². The summed E-state index contributed by atoms with van der Waals surface area (Å²) in [4.78, 5) is 2.04. The normalized spacial score (nSPS) is 9.95.